The van der Waals surface area contributed by atoms with E-state index in [2.05, 4.69) is 12.1 Å². The van der Waals surface area contributed by atoms with Gasteiger partial charge in [-0.05, 0) is 60.4 Å². The molecule has 34 heavy (non-hydrogen) atoms. The molecule has 1 aromatic heterocycles. The van der Waals surface area contributed by atoms with Crippen molar-refractivity contribution in [2.24, 2.45) is 0 Å². The number of carbonyl (C=O) groups excluding carboxylic acids is 1. The van der Waals surface area contributed by atoms with E-state index < -0.39 is 0 Å². The zero-order chi connectivity index (χ0) is 23.3. The quantitative estimate of drug-likeness (QED) is 0.223. The van der Waals surface area contributed by atoms with Crippen LogP contribution in [0.5, 0.6) is 11.5 Å². The molecular weight excluding hydrogens is 460 g/mol. The molecule has 0 bridgehead atoms. The van der Waals surface area contributed by atoms with Crippen molar-refractivity contribution in [3.05, 3.63) is 114 Å². The van der Waals surface area contributed by atoms with Gasteiger partial charge >= 0.3 is 0 Å². The number of fused-ring (bicyclic) bond motifs is 1. The molecule has 0 saturated carbocycles. The molecular formula is C28H22N2O2S2. The summed E-state index contributed by atoms with van der Waals surface area (Å²) < 4.78 is 6.95. The summed E-state index contributed by atoms with van der Waals surface area (Å²) in [5.41, 5.74) is 2.57. The second-order valence-electron chi connectivity index (χ2n) is 7.62. The molecule has 0 radical (unpaired) electrons. The normalized spacial score (nSPS) is 10.9. The third-order valence-electron chi connectivity index (χ3n) is 5.33. The van der Waals surface area contributed by atoms with Crippen LogP contribution in [0.25, 0.3) is 10.2 Å². The predicted molar refractivity (Wildman–Crippen MR) is 141 cm³/mol. The van der Waals surface area contributed by atoms with Crippen LogP contribution < -0.4 is 9.64 Å². The smallest absolute Gasteiger partial charge is 0.260 e. The summed E-state index contributed by atoms with van der Waals surface area (Å²) in [7, 11) is 0. The highest BCUT2D eigenvalue weighted by molar-refractivity contribution is 7.98. The molecule has 0 aliphatic rings. The number of thioether (sulfide) groups is 1. The molecule has 0 unspecified atom stereocenters. The molecule has 4 aromatic carbocycles. The van der Waals surface area contributed by atoms with Gasteiger partial charge in [-0.3, -0.25) is 9.69 Å². The number of benzene rings is 4. The summed E-state index contributed by atoms with van der Waals surface area (Å²) in [5, 5.41) is 0.690. The van der Waals surface area contributed by atoms with Gasteiger partial charge in [-0.15, -0.1) is 11.8 Å². The van der Waals surface area contributed by atoms with E-state index >= 15 is 0 Å². The first-order chi connectivity index (χ1) is 16.7. The molecule has 0 fully saturated rings. The first kappa shape index (κ1) is 22.2. The number of anilines is 1. The van der Waals surface area contributed by atoms with Crippen LogP contribution in [0.2, 0.25) is 0 Å². The van der Waals surface area contributed by atoms with Crippen molar-refractivity contribution in [1.82, 2.24) is 4.98 Å². The number of aromatic nitrogens is 1. The van der Waals surface area contributed by atoms with Crippen molar-refractivity contribution in [2.45, 2.75) is 11.4 Å². The van der Waals surface area contributed by atoms with E-state index in [1.165, 1.54) is 11.3 Å². The molecule has 5 rings (SSSR count). The Kier molecular flexibility index (Phi) is 6.60. The molecule has 168 valence electrons. The third kappa shape index (κ3) is 4.83. The lowest BCUT2D eigenvalue weighted by atomic mass is 10.1. The van der Waals surface area contributed by atoms with Crippen LogP contribution in [0.3, 0.4) is 0 Å². The number of nitrogens with zero attached hydrogens (tertiary/aromatic N) is 2. The maximum absolute atomic E-state index is 13.7. The Labute approximate surface area is 206 Å². The number of hydrogen-bond donors (Lipinski definition) is 0. The highest BCUT2D eigenvalue weighted by Gasteiger charge is 2.22. The van der Waals surface area contributed by atoms with Crippen LogP contribution in [-0.2, 0) is 6.54 Å². The Bertz CT molecular complexity index is 1400. The number of thiazole rings is 1. The standard InChI is InChI=1S/C28H22N2O2S2/c1-33-24-13-8-14-25-26(24)29-28(34-25)30(19-20-9-4-2-5-10-20)27(31)21-15-17-23(18-16-21)32-22-11-6-3-7-12-22/h2-18H,19H2,1H3. The van der Waals surface area contributed by atoms with Crippen LogP contribution >= 0.6 is 23.1 Å². The Morgan fingerprint density at radius 1 is 0.853 bits per heavy atom. The largest absolute Gasteiger partial charge is 0.457 e. The number of hydrogen-bond acceptors (Lipinski definition) is 5. The molecule has 0 saturated heterocycles. The average Bonchev–Trinajstić information content (AvgIpc) is 3.33. The summed E-state index contributed by atoms with van der Waals surface area (Å²) in [5.74, 6) is 1.34. The van der Waals surface area contributed by atoms with E-state index in [0.717, 1.165) is 26.4 Å². The maximum atomic E-state index is 13.7. The minimum atomic E-state index is -0.0973. The summed E-state index contributed by atoms with van der Waals surface area (Å²) >= 11 is 3.20. The van der Waals surface area contributed by atoms with Crippen LogP contribution in [-0.4, -0.2) is 17.1 Å². The SMILES string of the molecule is CSc1cccc2sc(N(Cc3ccccc3)C(=O)c3ccc(Oc4ccccc4)cc3)nc12. The summed E-state index contributed by atoms with van der Waals surface area (Å²) in [6, 6.07) is 33.0. The molecule has 6 heteroatoms. The van der Waals surface area contributed by atoms with Gasteiger partial charge in [0.25, 0.3) is 5.91 Å². The Balaban J connectivity index is 1.47. The van der Waals surface area contributed by atoms with Crippen LogP contribution in [0, 0.1) is 0 Å². The number of carbonyl (C=O) groups is 1. The first-order valence-electron chi connectivity index (χ1n) is 10.8. The van der Waals surface area contributed by atoms with Gasteiger partial charge in [0.2, 0.25) is 0 Å². The van der Waals surface area contributed by atoms with Gasteiger partial charge in [0.1, 0.15) is 11.5 Å². The highest BCUT2D eigenvalue weighted by atomic mass is 32.2. The first-order valence-corrected chi connectivity index (χ1v) is 12.9. The van der Waals surface area contributed by atoms with E-state index in [1.807, 2.05) is 85.1 Å². The third-order valence-corrected chi connectivity index (χ3v) is 7.14. The monoisotopic (exact) mass is 482 g/mol. The molecule has 0 aliphatic heterocycles. The van der Waals surface area contributed by atoms with E-state index in [9.17, 15) is 4.79 Å². The zero-order valence-corrected chi connectivity index (χ0v) is 20.2. The molecule has 4 nitrogen and oxygen atoms in total. The van der Waals surface area contributed by atoms with Crippen molar-refractivity contribution < 1.29 is 9.53 Å². The van der Waals surface area contributed by atoms with Gasteiger partial charge in [-0.25, -0.2) is 4.98 Å². The van der Waals surface area contributed by atoms with Crippen LogP contribution in [0.1, 0.15) is 15.9 Å². The second kappa shape index (κ2) is 10.1. The number of para-hydroxylation sites is 2. The molecule has 5 aromatic rings. The van der Waals surface area contributed by atoms with Gasteiger partial charge in [0, 0.05) is 10.5 Å². The van der Waals surface area contributed by atoms with Crippen molar-refractivity contribution in [3.8, 4) is 11.5 Å². The summed E-state index contributed by atoms with van der Waals surface area (Å²) in [4.78, 5) is 21.4. The van der Waals surface area contributed by atoms with E-state index in [4.69, 9.17) is 9.72 Å². The van der Waals surface area contributed by atoms with Crippen molar-refractivity contribution in [3.63, 3.8) is 0 Å². The van der Waals surface area contributed by atoms with Crippen LogP contribution in [0.4, 0.5) is 5.13 Å². The lowest BCUT2D eigenvalue weighted by Gasteiger charge is -2.20. The molecule has 0 spiro atoms. The molecule has 0 N–H and O–H groups in total. The minimum absolute atomic E-state index is 0.0973. The fraction of sp³-hybridized carbons (Fsp3) is 0.0714. The van der Waals surface area contributed by atoms with Crippen molar-refractivity contribution in [2.75, 3.05) is 11.2 Å². The fourth-order valence-electron chi connectivity index (χ4n) is 3.63. The maximum Gasteiger partial charge on any atom is 0.260 e. The molecule has 0 atom stereocenters. The summed E-state index contributed by atoms with van der Waals surface area (Å²) in [6.45, 7) is 0.441. The lowest BCUT2D eigenvalue weighted by Crippen LogP contribution is -2.30. The van der Waals surface area contributed by atoms with E-state index in [0.29, 0.717) is 23.0 Å². The average molecular weight is 483 g/mol. The van der Waals surface area contributed by atoms with Crippen molar-refractivity contribution >= 4 is 44.4 Å². The number of ether oxygens (including phenoxy) is 1. The Hall–Kier alpha value is -3.61. The lowest BCUT2D eigenvalue weighted by molar-refractivity contribution is 0.0985. The van der Waals surface area contributed by atoms with Gasteiger partial charge in [0.05, 0.1) is 16.8 Å². The molecule has 0 aliphatic carbocycles. The van der Waals surface area contributed by atoms with Crippen molar-refractivity contribution in [1.29, 1.82) is 0 Å². The van der Waals surface area contributed by atoms with Gasteiger partial charge in [0.15, 0.2) is 5.13 Å². The highest BCUT2D eigenvalue weighted by Crippen LogP contribution is 2.35. The second-order valence-corrected chi connectivity index (χ2v) is 9.48. The predicted octanol–water partition coefficient (Wildman–Crippen LogP) is 7.66. The van der Waals surface area contributed by atoms with E-state index in [-0.39, 0.29) is 5.91 Å². The van der Waals surface area contributed by atoms with Gasteiger partial charge in [-0.2, -0.15) is 0 Å². The van der Waals surface area contributed by atoms with Gasteiger partial charge < -0.3 is 4.74 Å². The topological polar surface area (TPSA) is 42.4 Å². The number of amides is 1. The zero-order valence-electron chi connectivity index (χ0n) is 18.5. The van der Waals surface area contributed by atoms with Gasteiger partial charge in [-0.1, -0.05) is 65.9 Å². The molecule has 1 heterocycles. The fourth-order valence-corrected chi connectivity index (χ4v) is 5.25. The Morgan fingerprint density at radius 2 is 1.53 bits per heavy atom. The molecule has 1 amide bonds. The Morgan fingerprint density at radius 3 is 2.24 bits per heavy atom. The number of rotatable bonds is 7. The minimum Gasteiger partial charge on any atom is -0.457 e. The van der Waals surface area contributed by atoms with Crippen LogP contribution in [0.15, 0.2) is 108 Å². The summed E-state index contributed by atoms with van der Waals surface area (Å²) in [6.07, 6.45) is 2.04. The van der Waals surface area contributed by atoms with E-state index in [1.54, 1.807) is 28.8 Å².